The van der Waals surface area contributed by atoms with Gasteiger partial charge in [0.15, 0.2) is 5.69 Å². The fourth-order valence-corrected chi connectivity index (χ4v) is 4.41. The molecule has 12 heteroatoms. The van der Waals surface area contributed by atoms with Crippen LogP contribution in [0.25, 0.3) is 0 Å². The molecule has 0 atom stereocenters. The molecule has 0 aromatic carbocycles. The lowest BCUT2D eigenvalue weighted by atomic mass is 10.1. The first-order valence-electron chi connectivity index (χ1n) is 10.6. The lowest BCUT2D eigenvalue weighted by Gasteiger charge is -2.10. The van der Waals surface area contributed by atoms with Crippen LogP contribution < -0.4 is 5.32 Å². The molecule has 3 rings (SSSR count). The van der Waals surface area contributed by atoms with E-state index in [-0.39, 0.29) is 40.5 Å². The van der Waals surface area contributed by atoms with Gasteiger partial charge in [0, 0.05) is 6.20 Å². The predicted octanol–water partition coefficient (Wildman–Crippen LogP) is 4.22. The number of nitrogens with one attached hydrogen (secondary N) is 1. The zero-order chi connectivity index (χ0) is 25.2. The highest BCUT2D eigenvalue weighted by Gasteiger charge is 2.28. The van der Waals surface area contributed by atoms with Crippen molar-refractivity contribution in [1.82, 2.24) is 19.6 Å². The molecule has 34 heavy (non-hydrogen) atoms. The van der Waals surface area contributed by atoms with E-state index in [1.807, 2.05) is 13.8 Å². The highest BCUT2D eigenvalue weighted by molar-refractivity contribution is 7.18. The minimum atomic E-state index is -0.637. The van der Waals surface area contributed by atoms with Gasteiger partial charge in [-0.15, -0.1) is 11.3 Å². The van der Waals surface area contributed by atoms with Gasteiger partial charge in [0.25, 0.3) is 5.91 Å². The number of hydrogen-bond acceptors (Lipinski definition) is 8. The number of rotatable bonds is 8. The van der Waals surface area contributed by atoms with E-state index in [0.29, 0.717) is 16.3 Å². The summed E-state index contributed by atoms with van der Waals surface area (Å²) < 4.78 is 13.6. The molecule has 0 unspecified atom stereocenters. The summed E-state index contributed by atoms with van der Waals surface area (Å²) in [6.07, 6.45) is 1.26. The van der Waals surface area contributed by atoms with Gasteiger partial charge >= 0.3 is 11.9 Å². The van der Waals surface area contributed by atoms with E-state index >= 15 is 0 Å². The minimum Gasteiger partial charge on any atom is -0.462 e. The lowest BCUT2D eigenvalue weighted by Crippen LogP contribution is -2.18. The molecule has 1 N–H and O–H groups in total. The van der Waals surface area contributed by atoms with Crippen molar-refractivity contribution in [1.29, 1.82) is 0 Å². The molecule has 0 bridgehead atoms. The Morgan fingerprint density at radius 2 is 1.88 bits per heavy atom. The normalized spacial score (nSPS) is 11.1. The molecule has 3 aromatic rings. The van der Waals surface area contributed by atoms with Crippen LogP contribution in [0.1, 0.15) is 68.2 Å². The molecule has 0 aliphatic rings. The molecule has 0 radical (unpaired) electrons. The zero-order valence-corrected chi connectivity index (χ0v) is 21.3. The average Bonchev–Trinajstić information content (AvgIpc) is 3.42. The van der Waals surface area contributed by atoms with Crippen molar-refractivity contribution in [2.75, 3.05) is 11.9 Å². The summed E-state index contributed by atoms with van der Waals surface area (Å²) >= 11 is 7.15. The number of anilines is 1. The minimum absolute atomic E-state index is 0.117. The molecule has 0 saturated heterocycles. The number of aromatic nitrogens is 4. The molecule has 0 spiro atoms. The Hall–Kier alpha value is -3.18. The van der Waals surface area contributed by atoms with Crippen LogP contribution >= 0.6 is 22.9 Å². The number of hydrogen-bond donors (Lipinski definition) is 1. The van der Waals surface area contributed by atoms with Crippen LogP contribution in [-0.4, -0.2) is 50.1 Å². The van der Waals surface area contributed by atoms with Crippen LogP contribution in [-0.2, 0) is 16.1 Å². The van der Waals surface area contributed by atoms with E-state index in [0.717, 1.165) is 17.0 Å². The summed E-state index contributed by atoms with van der Waals surface area (Å²) in [4.78, 5) is 38.2. The zero-order valence-electron chi connectivity index (χ0n) is 19.8. The summed E-state index contributed by atoms with van der Waals surface area (Å²) in [7, 11) is 0. The first-order chi connectivity index (χ1) is 16.0. The van der Waals surface area contributed by atoms with Crippen molar-refractivity contribution in [3.8, 4) is 0 Å². The Bertz CT molecular complexity index is 1240. The van der Waals surface area contributed by atoms with Crippen LogP contribution in [0.3, 0.4) is 0 Å². The van der Waals surface area contributed by atoms with Gasteiger partial charge in [-0.3, -0.25) is 9.48 Å². The highest BCUT2D eigenvalue weighted by Crippen LogP contribution is 2.35. The fraction of sp³-hybridized carbons (Fsp3) is 0.409. The molecule has 0 saturated carbocycles. The maximum absolute atomic E-state index is 12.9. The van der Waals surface area contributed by atoms with Crippen molar-refractivity contribution in [2.24, 2.45) is 0 Å². The van der Waals surface area contributed by atoms with Crippen molar-refractivity contribution in [3.63, 3.8) is 0 Å². The number of nitrogens with zero attached hydrogens (tertiary/aromatic N) is 4. The van der Waals surface area contributed by atoms with Crippen LogP contribution in [0, 0.1) is 20.8 Å². The number of aryl methyl sites for hydroxylation is 1. The van der Waals surface area contributed by atoms with Crippen molar-refractivity contribution in [3.05, 3.63) is 50.4 Å². The van der Waals surface area contributed by atoms with Crippen LogP contribution in [0.2, 0.25) is 5.02 Å². The number of thiophene rings is 1. The molecular weight excluding hydrogens is 482 g/mol. The molecular formula is C22H26ClN5O5S. The van der Waals surface area contributed by atoms with Crippen molar-refractivity contribution >= 4 is 45.8 Å². The fourth-order valence-electron chi connectivity index (χ4n) is 3.19. The quantitative estimate of drug-likeness (QED) is 0.453. The van der Waals surface area contributed by atoms with Gasteiger partial charge < -0.3 is 14.8 Å². The van der Waals surface area contributed by atoms with E-state index in [1.165, 1.54) is 0 Å². The summed E-state index contributed by atoms with van der Waals surface area (Å²) in [5, 5.41) is 12.1. The van der Waals surface area contributed by atoms with Gasteiger partial charge in [0.2, 0.25) is 0 Å². The van der Waals surface area contributed by atoms with Crippen LogP contribution in [0.5, 0.6) is 0 Å². The molecule has 10 nitrogen and oxygen atoms in total. The van der Waals surface area contributed by atoms with Gasteiger partial charge in [-0.1, -0.05) is 11.6 Å². The number of halogens is 1. The Morgan fingerprint density at radius 3 is 2.47 bits per heavy atom. The third-order valence-corrected chi connectivity index (χ3v) is 6.56. The molecule has 182 valence electrons. The number of carbonyl (C=O) groups excluding carboxylic acids is 3. The largest absolute Gasteiger partial charge is 0.462 e. The van der Waals surface area contributed by atoms with E-state index in [1.54, 1.807) is 49.3 Å². The van der Waals surface area contributed by atoms with E-state index < -0.39 is 17.8 Å². The second kappa shape index (κ2) is 10.4. The van der Waals surface area contributed by atoms with E-state index in [4.69, 9.17) is 21.1 Å². The van der Waals surface area contributed by atoms with Gasteiger partial charge in [0.05, 0.1) is 34.7 Å². The monoisotopic (exact) mass is 507 g/mol. The molecule has 3 heterocycles. The Kier molecular flexibility index (Phi) is 7.78. The maximum atomic E-state index is 12.9. The maximum Gasteiger partial charge on any atom is 0.348 e. The number of carbonyl (C=O) groups is 3. The Labute approximate surface area is 205 Å². The number of amides is 1. The average molecular weight is 508 g/mol. The second-order valence-electron chi connectivity index (χ2n) is 7.76. The predicted molar refractivity (Wildman–Crippen MR) is 128 cm³/mol. The summed E-state index contributed by atoms with van der Waals surface area (Å²) in [6, 6.07) is 1.54. The number of ether oxygens (including phenoxy) is 2. The topological polar surface area (TPSA) is 117 Å². The Balaban J connectivity index is 1.86. The first kappa shape index (κ1) is 25.4. The molecule has 1 amide bonds. The van der Waals surface area contributed by atoms with Gasteiger partial charge in [-0.25, -0.2) is 14.3 Å². The summed E-state index contributed by atoms with van der Waals surface area (Å²) in [5.74, 6) is -1.75. The van der Waals surface area contributed by atoms with Gasteiger partial charge in [0.1, 0.15) is 16.5 Å². The molecule has 3 aromatic heterocycles. The third kappa shape index (κ3) is 5.31. The second-order valence-corrected chi connectivity index (χ2v) is 9.15. The SMILES string of the molecule is CCOC(=O)c1sc(NC(=O)c2ccn(Cn3nc(C)c(Cl)c3C)n2)c(C(=O)OC(C)C)c1C. The first-order valence-corrected chi connectivity index (χ1v) is 11.8. The van der Waals surface area contributed by atoms with Crippen molar-refractivity contribution < 1.29 is 23.9 Å². The van der Waals surface area contributed by atoms with Crippen LogP contribution in [0.15, 0.2) is 12.3 Å². The van der Waals surface area contributed by atoms with E-state index in [2.05, 4.69) is 15.5 Å². The highest BCUT2D eigenvalue weighted by atomic mass is 35.5. The van der Waals surface area contributed by atoms with E-state index in [9.17, 15) is 14.4 Å². The van der Waals surface area contributed by atoms with Crippen molar-refractivity contribution in [2.45, 2.75) is 54.3 Å². The van der Waals surface area contributed by atoms with Gasteiger partial charge in [-0.05, 0) is 53.2 Å². The molecule has 0 aliphatic heterocycles. The smallest absolute Gasteiger partial charge is 0.348 e. The molecule has 0 aliphatic carbocycles. The molecule has 0 fully saturated rings. The Morgan fingerprint density at radius 1 is 1.18 bits per heavy atom. The lowest BCUT2D eigenvalue weighted by molar-refractivity contribution is 0.0379. The number of esters is 2. The summed E-state index contributed by atoms with van der Waals surface area (Å²) in [6.45, 7) is 10.8. The standard InChI is InChI=1S/C22H26ClN5O5S/c1-7-32-22(31)18-12(4)16(21(30)33-11(2)3)20(34-18)24-19(29)15-8-9-27(26-15)10-28-14(6)17(23)13(5)25-28/h8-9,11H,7,10H2,1-6H3,(H,24,29). The van der Waals surface area contributed by atoms with Gasteiger partial charge in [-0.2, -0.15) is 10.2 Å². The third-order valence-electron chi connectivity index (χ3n) is 4.83. The summed E-state index contributed by atoms with van der Waals surface area (Å²) in [5.41, 5.74) is 2.12. The van der Waals surface area contributed by atoms with Crippen LogP contribution in [0.4, 0.5) is 5.00 Å².